The lowest BCUT2D eigenvalue weighted by atomic mass is 10.0. The van der Waals surface area contributed by atoms with E-state index in [0.29, 0.717) is 37.7 Å². The SMILES string of the molecule is Cc1cccc(CN2CCOCC2CC(O)c2ccco2)c1O. The predicted octanol–water partition coefficient (Wildman–Crippen LogP) is 2.62. The van der Waals surface area contributed by atoms with Crippen molar-refractivity contribution in [3.63, 3.8) is 0 Å². The van der Waals surface area contributed by atoms with Gasteiger partial charge in [0.1, 0.15) is 17.6 Å². The minimum Gasteiger partial charge on any atom is -0.507 e. The monoisotopic (exact) mass is 317 g/mol. The zero-order valence-electron chi connectivity index (χ0n) is 13.3. The lowest BCUT2D eigenvalue weighted by molar-refractivity contribution is -0.0325. The number of nitrogens with zero attached hydrogens (tertiary/aromatic N) is 1. The van der Waals surface area contributed by atoms with Crippen LogP contribution in [0.5, 0.6) is 5.75 Å². The van der Waals surface area contributed by atoms with Gasteiger partial charge in [-0.1, -0.05) is 18.2 Å². The summed E-state index contributed by atoms with van der Waals surface area (Å²) in [6, 6.07) is 9.44. The van der Waals surface area contributed by atoms with E-state index < -0.39 is 6.10 Å². The highest BCUT2D eigenvalue weighted by atomic mass is 16.5. The number of ether oxygens (including phenoxy) is 1. The van der Waals surface area contributed by atoms with Crippen LogP contribution in [0.4, 0.5) is 0 Å². The molecule has 124 valence electrons. The lowest BCUT2D eigenvalue weighted by Crippen LogP contribution is -2.45. The first-order valence-corrected chi connectivity index (χ1v) is 7.96. The molecule has 2 N–H and O–H groups in total. The summed E-state index contributed by atoms with van der Waals surface area (Å²) in [4.78, 5) is 2.25. The molecule has 0 saturated carbocycles. The molecular formula is C18H23NO4. The molecule has 1 aliphatic heterocycles. The maximum Gasteiger partial charge on any atom is 0.132 e. The number of aliphatic hydroxyl groups is 1. The van der Waals surface area contributed by atoms with Crippen LogP contribution in [0.25, 0.3) is 0 Å². The van der Waals surface area contributed by atoms with Crippen molar-refractivity contribution in [1.29, 1.82) is 0 Å². The molecule has 23 heavy (non-hydrogen) atoms. The van der Waals surface area contributed by atoms with Crippen LogP contribution < -0.4 is 0 Å². The summed E-state index contributed by atoms with van der Waals surface area (Å²) < 4.78 is 10.9. The Morgan fingerprint density at radius 3 is 2.96 bits per heavy atom. The molecule has 1 aliphatic rings. The normalized spacial score (nSPS) is 20.5. The van der Waals surface area contributed by atoms with Crippen LogP contribution in [0.2, 0.25) is 0 Å². The van der Waals surface area contributed by atoms with E-state index in [1.54, 1.807) is 18.4 Å². The average Bonchev–Trinajstić information content (AvgIpc) is 3.08. The zero-order chi connectivity index (χ0) is 16.2. The molecule has 2 aromatic rings. The van der Waals surface area contributed by atoms with Gasteiger partial charge in [0.25, 0.3) is 0 Å². The molecule has 1 saturated heterocycles. The van der Waals surface area contributed by atoms with Gasteiger partial charge in [0.05, 0.1) is 19.5 Å². The molecule has 2 heterocycles. The molecule has 1 aromatic carbocycles. The maximum atomic E-state index is 10.3. The van der Waals surface area contributed by atoms with Gasteiger partial charge in [-0.15, -0.1) is 0 Å². The molecule has 0 bridgehead atoms. The van der Waals surface area contributed by atoms with Crippen molar-refractivity contribution in [2.45, 2.75) is 32.0 Å². The van der Waals surface area contributed by atoms with Crippen LogP contribution in [-0.4, -0.2) is 40.9 Å². The first-order chi connectivity index (χ1) is 11.1. The van der Waals surface area contributed by atoms with Gasteiger partial charge in [-0.05, 0) is 31.0 Å². The van der Waals surface area contributed by atoms with E-state index in [-0.39, 0.29) is 6.04 Å². The largest absolute Gasteiger partial charge is 0.507 e. The molecular weight excluding hydrogens is 294 g/mol. The summed E-state index contributed by atoms with van der Waals surface area (Å²) in [5, 5.41) is 20.5. The molecule has 0 aliphatic carbocycles. The number of phenolic OH excluding ortho intramolecular Hbond substituents is 1. The fraction of sp³-hybridized carbons (Fsp3) is 0.444. The highest BCUT2D eigenvalue weighted by Crippen LogP contribution is 2.27. The standard InChI is InChI=1S/C18H23NO4/c1-13-4-2-5-14(18(13)21)11-19-7-9-22-12-15(19)10-16(20)17-6-3-8-23-17/h2-6,8,15-16,20-21H,7,9-12H2,1H3. The van der Waals surface area contributed by atoms with Crippen molar-refractivity contribution >= 4 is 0 Å². The summed E-state index contributed by atoms with van der Waals surface area (Å²) in [5.41, 5.74) is 1.78. The Balaban J connectivity index is 1.70. The summed E-state index contributed by atoms with van der Waals surface area (Å²) in [6.07, 6.45) is 1.46. The minimum absolute atomic E-state index is 0.0868. The number of rotatable bonds is 5. The van der Waals surface area contributed by atoms with Crippen LogP contribution in [0.1, 0.15) is 29.4 Å². The van der Waals surface area contributed by atoms with Gasteiger partial charge in [-0.25, -0.2) is 0 Å². The van der Waals surface area contributed by atoms with E-state index in [2.05, 4.69) is 4.90 Å². The predicted molar refractivity (Wildman–Crippen MR) is 86.1 cm³/mol. The molecule has 0 spiro atoms. The molecule has 5 nitrogen and oxygen atoms in total. The molecule has 5 heteroatoms. The Bertz CT molecular complexity index is 626. The third-order valence-electron chi connectivity index (χ3n) is 4.41. The number of morpholine rings is 1. The molecule has 3 rings (SSSR count). The number of aryl methyl sites for hydroxylation is 1. The summed E-state index contributed by atoms with van der Waals surface area (Å²) >= 11 is 0. The Kier molecular flexibility index (Phi) is 5.00. The Morgan fingerprint density at radius 1 is 1.30 bits per heavy atom. The lowest BCUT2D eigenvalue weighted by Gasteiger charge is -2.36. The number of para-hydroxylation sites is 1. The number of benzene rings is 1. The maximum absolute atomic E-state index is 10.3. The first kappa shape index (κ1) is 16.1. The van der Waals surface area contributed by atoms with E-state index in [1.807, 2.05) is 25.1 Å². The third kappa shape index (κ3) is 3.75. The number of aliphatic hydroxyl groups excluding tert-OH is 1. The van der Waals surface area contributed by atoms with Gasteiger partial charge in [0.2, 0.25) is 0 Å². The third-order valence-corrected chi connectivity index (χ3v) is 4.41. The zero-order valence-corrected chi connectivity index (χ0v) is 13.3. The molecule has 1 aromatic heterocycles. The second-order valence-corrected chi connectivity index (χ2v) is 6.05. The van der Waals surface area contributed by atoms with Crippen molar-refractivity contribution in [3.8, 4) is 5.75 Å². The Hall–Kier alpha value is -1.82. The number of hydrogen-bond acceptors (Lipinski definition) is 5. The second-order valence-electron chi connectivity index (χ2n) is 6.05. The Morgan fingerprint density at radius 2 is 2.17 bits per heavy atom. The summed E-state index contributed by atoms with van der Waals surface area (Å²) in [6.45, 7) is 4.57. The number of phenols is 1. The fourth-order valence-electron chi connectivity index (χ4n) is 3.04. The smallest absolute Gasteiger partial charge is 0.132 e. The molecule has 1 fully saturated rings. The topological polar surface area (TPSA) is 66.1 Å². The van der Waals surface area contributed by atoms with E-state index in [1.165, 1.54) is 0 Å². The number of furan rings is 1. The molecule has 0 amide bonds. The molecule has 0 radical (unpaired) electrons. The summed E-state index contributed by atoms with van der Waals surface area (Å²) in [7, 11) is 0. The number of hydrogen-bond donors (Lipinski definition) is 2. The van der Waals surface area contributed by atoms with Crippen LogP contribution in [0.3, 0.4) is 0 Å². The van der Waals surface area contributed by atoms with E-state index in [4.69, 9.17) is 9.15 Å². The van der Waals surface area contributed by atoms with Crippen molar-refractivity contribution < 1.29 is 19.4 Å². The first-order valence-electron chi connectivity index (χ1n) is 7.96. The van der Waals surface area contributed by atoms with Crippen LogP contribution >= 0.6 is 0 Å². The van der Waals surface area contributed by atoms with Crippen molar-refractivity contribution in [1.82, 2.24) is 4.90 Å². The van der Waals surface area contributed by atoms with Gasteiger partial charge in [-0.2, -0.15) is 0 Å². The minimum atomic E-state index is -0.648. The van der Waals surface area contributed by atoms with Crippen molar-refractivity contribution in [3.05, 3.63) is 53.5 Å². The van der Waals surface area contributed by atoms with Crippen molar-refractivity contribution in [2.24, 2.45) is 0 Å². The van der Waals surface area contributed by atoms with Crippen molar-refractivity contribution in [2.75, 3.05) is 19.8 Å². The van der Waals surface area contributed by atoms with Gasteiger partial charge < -0.3 is 19.4 Å². The van der Waals surface area contributed by atoms with Crippen LogP contribution in [0.15, 0.2) is 41.0 Å². The van der Waals surface area contributed by atoms with Gasteiger partial charge in [0, 0.05) is 24.7 Å². The second kappa shape index (κ2) is 7.17. The average molecular weight is 317 g/mol. The molecule has 2 atom stereocenters. The number of aromatic hydroxyl groups is 1. The van der Waals surface area contributed by atoms with E-state index in [0.717, 1.165) is 17.7 Å². The Labute approximate surface area is 136 Å². The van der Waals surface area contributed by atoms with Gasteiger partial charge in [0.15, 0.2) is 0 Å². The van der Waals surface area contributed by atoms with E-state index in [9.17, 15) is 10.2 Å². The quantitative estimate of drug-likeness (QED) is 0.887. The van der Waals surface area contributed by atoms with Crippen LogP contribution in [0, 0.1) is 6.92 Å². The van der Waals surface area contributed by atoms with Gasteiger partial charge in [-0.3, -0.25) is 4.90 Å². The highest BCUT2D eigenvalue weighted by Gasteiger charge is 2.27. The highest BCUT2D eigenvalue weighted by molar-refractivity contribution is 5.39. The summed E-state index contributed by atoms with van der Waals surface area (Å²) in [5.74, 6) is 0.929. The van der Waals surface area contributed by atoms with Gasteiger partial charge >= 0.3 is 0 Å². The van der Waals surface area contributed by atoms with Crippen LogP contribution in [-0.2, 0) is 11.3 Å². The fourth-order valence-corrected chi connectivity index (χ4v) is 3.04. The molecule has 2 unspecified atom stereocenters. The van der Waals surface area contributed by atoms with E-state index >= 15 is 0 Å².